The molecule has 2 heterocycles. The smallest absolute Gasteiger partial charge is 0.114 e. The van der Waals surface area contributed by atoms with E-state index in [1.54, 1.807) is 19.6 Å². The Balaban J connectivity index is 2.12. The lowest BCUT2D eigenvalue weighted by molar-refractivity contribution is -0.184. The van der Waals surface area contributed by atoms with Crippen molar-refractivity contribution >= 4 is 0 Å². The number of rotatable bonds is 7. The van der Waals surface area contributed by atoms with E-state index in [2.05, 4.69) is 29.9 Å². The predicted octanol–water partition coefficient (Wildman–Crippen LogP) is 3.42. The van der Waals surface area contributed by atoms with Crippen molar-refractivity contribution in [2.24, 2.45) is 5.92 Å². The van der Waals surface area contributed by atoms with Gasteiger partial charge in [0.2, 0.25) is 0 Å². The first-order chi connectivity index (χ1) is 11.7. The Morgan fingerprint density at radius 2 is 2.21 bits per heavy atom. The van der Waals surface area contributed by atoms with Gasteiger partial charge in [0.1, 0.15) is 12.2 Å². The SMILES string of the molecule is CC=CC=CC=C(C)[C@H]1OC[C@@H](C)[C@@H](OC)[C@@H]1OCc1cnc[nH]1. The molecule has 24 heavy (non-hydrogen) atoms. The second-order valence-electron chi connectivity index (χ2n) is 6.11. The summed E-state index contributed by atoms with van der Waals surface area (Å²) in [7, 11) is 1.74. The first-order valence-electron chi connectivity index (χ1n) is 8.36. The van der Waals surface area contributed by atoms with Gasteiger partial charge in [0, 0.05) is 13.0 Å². The van der Waals surface area contributed by atoms with Gasteiger partial charge in [-0.15, -0.1) is 0 Å². The minimum absolute atomic E-state index is 0.00506. The Labute approximate surface area is 144 Å². The third-order valence-electron chi connectivity index (χ3n) is 4.20. The Morgan fingerprint density at radius 3 is 2.88 bits per heavy atom. The fourth-order valence-corrected chi connectivity index (χ4v) is 2.91. The number of methoxy groups -OCH3 is 1. The van der Waals surface area contributed by atoms with Crippen molar-refractivity contribution in [1.29, 1.82) is 0 Å². The van der Waals surface area contributed by atoms with Crippen molar-refractivity contribution in [2.75, 3.05) is 13.7 Å². The van der Waals surface area contributed by atoms with Gasteiger partial charge in [-0.05, 0) is 19.4 Å². The van der Waals surface area contributed by atoms with Crippen LogP contribution in [0.2, 0.25) is 0 Å². The van der Waals surface area contributed by atoms with E-state index in [0.717, 1.165) is 11.3 Å². The van der Waals surface area contributed by atoms with E-state index in [1.807, 2.05) is 31.2 Å². The Morgan fingerprint density at radius 1 is 1.38 bits per heavy atom. The number of imidazole rings is 1. The monoisotopic (exact) mass is 332 g/mol. The minimum atomic E-state index is -0.159. The number of ether oxygens (including phenoxy) is 3. The van der Waals surface area contributed by atoms with Crippen LogP contribution in [0.3, 0.4) is 0 Å². The molecule has 5 nitrogen and oxygen atoms in total. The summed E-state index contributed by atoms with van der Waals surface area (Å²) in [6.45, 7) is 7.31. The van der Waals surface area contributed by atoms with E-state index < -0.39 is 0 Å². The van der Waals surface area contributed by atoms with Crippen LogP contribution >= 0.6 is 0 Å². The molecule has 1 aromatic rings. The zero-order chi connectivity index (χ0) is 17.4. The fourth-order valence-electron chi connectivity index (χ4n) is 2.91. The molecule has 4 atom stereocenters. The molecule has 1 aliphatic rings. The zero-order valence-electron chi connectivity index (χ0n) is 14.9. The molecule has 0 aliphatic carbocycles. The highest BCUT2D eigenvalue weighted by molar-refractivity contribution is 5.20. The average molecular weight is 332 g/mol. The fraction of sp³-hybridized carbons (Fsp3) is 0.526. The molecular weight excluding hydrogens is 304 g/mol. The molecule has 0 radical (unpaired) electrons. The second kappa shape index (κ2) is 9.57. The second-order valence-corrected chi connectivity index (χ2v) is 6.11. The van der Waals surface area contributed by atoms with Gasteiger partial charge >= 0.3 is 0 Å². The summed E-state index contributed by atoms with van der Waals surface area (Å²) in [6, 6.07) is 0. The molecule has 1 N–H and O–H groups in total. The third-order valence-corrected chi connectivity index (χ3v) is 4.20. The maximum Gasteiger partial charge on any atom is 0.114 e. The van der Waals surface area contributed by atoms with Crippen LogP contribution in [0.25, 0.3) is 0 Å². The van der Waals surface area contributed by atoms with Crippen LogP contribution in [-0.4, -0.2) is 42.0 Å². The molecule has 5 heteroatoms. The van der Waals surface area contributed by atoms with Crippen molar-refractivity contribution in [3.05, 3.63) is 54.2 Å². The van der Waals surface area contributed by atoms with E-state index >= 15 is 0 Å². The van der Waals surface area contributed by atoms with Crippen molar-refractivity contribution < 1.29 is 14.2 Å². The molecule has 2 rings (SSSR count). The van der Waals surface area contributed by atoms with Crippen LogP contribution in [0.15, 0.2) is 48.5 Å². The first kappa shape index (κ1) is 18.6. The maximum atomic E-state index is 6.16. The van der Waals surface area contributed by atoms with Gasteiger partial charge < -0.3 is 19.2 Å². The number of nitrogens with one attached hydrogen (secondary N) is 1. The van der Waals surface area contributed by atoms with E-state index in [1.165, 1.54) is 0 Å². The summed E-state index contributed by atoms with van der Waals surface area (Å²) in [5.41, 5.74) is 2.07. The number of H-pyrrole nitrogens is 1. The quantitative estimate of drug-likeness (QED) is 0.777. The van der Waals surface area contributed by atoms with Gasteiger partial charge in [-0.1, -0.05) is 37.3 Å². The summed E-state index contributed by atoms with van der Waals surface area (Å²) >= 11 is 0. The Bertz CT molecular complexity index is 563. The molecule has 1 saturated heterocycles. The summed E-state index contributed by atoms with van der Waals surface area (Å²) in [4.78, 5) is 7.09. The number of aromatic nitrogens is 2. The minimum Gasteiger partial charge on any atom is -0.378 e. The molecule has 0 spiro atoms. The maximum absolute atomic E-state index is 6.16. The molecule has 1 aliphatic heterocycles. The zero-order valence-corrected chi connectivity index (χ0v) is 14.9. The largest absolute Gasteiger partial charge is 0.378 e. The summed E-state index contributed by atoms with van der Waals surface area (Å²) in [5, 5.41) is 0. The lowest BCUT2D eigenvalue weighted by Gasteiger charge is -2.41. The Hall–Kier alpha value is -1.69. The average Bonchev–Trinajstić information content (AvgIpc) is 3.10. The molecule has 0 aromatic carbocycles. The van der Waals surface area contributed by atoms with Crippen LogP contribution in [0.1, 0.15) is 26.5 Å². The summed E-state index contributed by atoms with van der Waals surface area (Å²) in [5.74, 6) is 0.282. The number of nitrogens with zero attached hydrogens (tertiary/aromatic N) is 1. The van der Waals surface area contributed by atoms with Gasteiger partial charge in [-0.25, -0.2) is 4.98 Å². The van der Waals surface area contributed by atoms with Crippen molar-refractivity contribution in [2.45, 2.75) is 45.7 Å². The van der Waals surface area contributed by atoms with Crippen LogP contribution in [0.5, 0.6) is 0 Å². The standard InChI is InChI=1S/C19H28N2O3/c1-5-6-7-8-9-14(2)18-19(17(22-4)15(3)11-23-18)24-12-16-10-20-13-21-16/h5-10,13,15,17-19H,11-12H2,1-4H3,(H,20,21)/t15-,17-,18-,19+/m1/s1. The molecule has 0 amide bonds. The first-order valence-corrected chi connectivity index (χ1v) is 8.36. The van der Waals surface area contributed by atoms with Crippen molar-refractivity contribution in [3.8, 4) is 0 Å². The van der Waals surface area contributed by atoms with Gasteiger partial charge in [-0.3, -0.25) is 0 Å². The van der Waals surface area contributed by atoms with Gasteiger partial charge in [-0.2, -0.15) is 0 Å². The normalized spacial score (nSPS) is 28.9. The number of hydrogen-bond donors (Lipinski definition) is 1. The van der Waals surface area contributed by atoms with Gasteiger partial charge in [0.15, 0.2) is 0 Å². The molecule has 0 unspecified atom stereocenters. The van der Waals surface area contributed by atoms with Crippen LogP contribution in [0.4, 0.5) is 0 Å². The Kier molecular flexibility index (Phi) is 7.43. The summed E-state index contributed by atoms with van der Waals surface area (Å²) < 4.78 is 18.0. The lowest BCUT2D eigenvalue weighted by atomic mass is 9.90. The van der Waals surface area contributed by atoms with Crippen LogP contribution in [0, 0.1) is 5.92 Å². The summed E-state index contributed by atoms with van der Waals surface area (Å²) in [6.07, 6.45) is 13.2. The molecule has 0 bridgehead atoms. The van der Waals surface area contributed by atoms with E-state index in [4.69, 9.17) is 14.2 Å². The topological polar surface area (TPSA) is 56.4 Å². The lowest BCUT2D eigenvalue weighted by Crippen LogP contribution is -2.51. The van der Waals surface area contributed by atoms with E-state index in [9.17, 15) is 0 Å². The highest BCUT2D eigenvalue weighted by Crippen LogP contribution is 2.29. The molecule has 1 fully saturated rings. The number of hydrogen-bond acceptors (Lipinski definition) is 4. The number of aromatic amines is 1. The number of allylic oxidation sites excluding steroid dienone is 5. The molecule has 1 aromatic heterocycles. The van der Waals surface area contributed by atoms with Crippen molar-refractivity contribution in [1.82, 2.24) is 9.97 Å². The van der Waals surface area contributed by atoms with Crippen LogP contribution in [-0.2, 0) is 20.8 Å². The highest BCUT2D eigenvalue weighted by Gasteiger charge is 2.40. The highest BCUT2D eigenvalue weighted by atomic mass is 16.6. The van der Waals surface area contributed by atoms with Gasteiger partial charge in [0.05, 0.1) is 37.5 Å². The van der Waals surface area contributed by atoms with Crippen LogP contribution < -0.4 is 0 Å². The van der Waals surface area contributed by atoms with Gasteiger partial charge in [0.25, 0.3) is 0 Å². The molecular formula is C19H28N2O3. The van der Waals surface area contributed by atoms with E-state index in [-0.39, 0.29) is 24.2 Å². The molecule has 0 saturated carbocycles. The third kappa shape index (κ3) is 4.90. The van der Waals surface area contributed by atoms with E-state index in [0.29, 0.717) is 13.2 Å². The predicted molar refractivity (Wildman–Crippen MR) is 94.6 cm³/mol. The molecule has 132 valence electrons. The van der Waals surface area contributed by atoms with Crippen molar-refractivity contribution in [3.63, 3.8) is 0 Å².